The number of rotatable bonds is 6. The Hall–Kier alpha value is -4.72. The van der Waals surface area contributed by atoms with E-state index in [4.69, 9.17) is 11.5 Å². The second-order valence-electron chi connectivity index (χ2n) is 7.72. The van der Waals surface area contributed by atoms with Gasteiger partial charge in [0.1, 0.15) is 0 Å². The predicted octanol–water partition coefficient (Wildman–Crippen LogP) is 8.71. The molecule has 0 atom stereocenters. The molecule has 0 aromatic heterocycles. The lowest BCUT2D eigenvalue weighted by atomic mass is 10.2. The van der Waals surface area contributed by atoms with Crippen LogP contribution >= 0.6 is 0 Å². The van der Waals surface area contributed by atoms with Gasteiger partial charge in [0.25, 0.3) is 0 Å². The highest BCUT2D eigenvalue weighted by molar-refractivity contribution is 5.56. The van der Waals surface area contributed by atoms with Crippen LogP contribution in [-0.2, 0) is 0 Å². The number of hydrogen-bond donors (Lipinski definition) is 2. The molecule has 0 fully saturated rings. The summed E-state index contributed by atoms with van der Waals surface area (Å²) in [4.78, 5) is 0. The number of nitrogen functional groups attached to an aromatic ring is 2. The fourth-order valence-corrected chi connectivity index (χ4v) is 3.09. The molecule has 0 aliphatic rings. The van der Waals surface area contributed by atoms with Crippen molar-refractivity contribution in [2.24, 2.45) is 30.7 Å². The lowest BCUT2D eigenvalue weighted by Crippen LogP contribution is -1.84. The van der Waals surface area contributed by atoms with Crippen LogP contribution in [0.5, 0.6) is 0 Å². The van der Waals surface area contributed by atoms with Gasteiger partial charge in [-0.2, -0.15) is 30.7 Å². The number of anilines is 2. The van der Waals surface area contributed by atoms with Crippen molar-refractivity contribution < 1.29 is 0 Å². The van der Waals surface area contributed by atoms with E-state index in [1.54, 1.807) is 12.1 Å². The van der Waals surface area contributed by atoms with Crippen LogP contribution in [0.15, 0.2) is 116 Å². The van der Waals surface area contributed by atoms with Gasteiger partial charge in [0.05, 0.1) is 34.1 Å². The second-order valence-corrected chi connectivity index (χ2v) is 7.72. The average molecular weight is 449 g/mol. The van der Waals surface area contributed by atoms with E-state index in [0.29, 0.717) is 22.7 Å². The van der Waals surface area contributed by atoms with Crippen LogP contribution in [0.1, 0.15) is 11.1 Å². The lowest BCUT2D eigenvalue weighted by Gasteiger charge is -2.00. The van der Waals surface area contributed by atoms with Gasteiger partial charge in [-0.15, -0.1) is 0 Å². The fraction of sp³-hybridized carbons (Fsp3) is 0.0769. The SMILES string of the molecule is Cc1cc(N)ccc1/N=N/c1ccc(/N=N/c2ccc(/N=N/c3ccc(N)cc3C)cc2)cc1. The molecule has 0 aliphatic carbocycles. The molecule has 0 amide bonds. The highest BCUT2D eigenvalue weighted by Crippen LogP contribution is 2.27. The first kappa shape index (κ1) is 22.5. The molecule has 4 aromatic carbocycles. The molecule has 0 aliphatic heterocycles. The van der Waals surface area contributed by atoms with E-state index in [-0.39, 0.29) is 0 Å². The van der Waals surface area contributed by atoms with Gasteiger partial charge in [-0.05, 0) is 110 Å². The van der Waals surface area contributed by atoms with Gasteiger partial charge in [0.2, 0.25) is 0 Å². The third kappa shape index (κ3) is 5.95. The Morgan fingerprint density at radius 2 is 0.706 bits per heavy atom. The first-order valence-electron chi connectivity index (χ1n) is 10.6. The fourth-order valence-electron chi connectivity index (χ4n) is 3.09. The number of nitrogens with zero attached hydrogens (tertiary/aromatic N) is 6. The minimum Gasteiger partial charge on any atom is -0.399 e. The Bertz CT molecular complexity index is 1260. The standard InChI is InChI=1S/C26H24N8/c1-17-15-19(27)3-13-25(17)33-31-23-9-5-21(6-10-23)29-30-22-7-11-24(12-8-22)32-34-26-14-4-20(28)16-18(26)2/h3-16H,27-28H2,1-2H3/b30-29+,33-31+,34-32+. The van der Waals surface area contributed by atoms with Gasteiger partial charge in [-0.1, -0.05) is 0 Å². The molecule has 0 spiro atoms. The number of nitrogens with two attached hydrogens (primary N) is 2. The first-order valence-corrected chi connectivity index (χ1v) is 10.6. The summed E-state index contributed by atoms with van der Waals surface area (Å²) in [5.74, 6) is 0. The molecule has 0 saturated heterocycles. The number of azo groups is 3. The zero-order valence-corrected chi connectivity index (χ0v) is 18.9. The maximum absolute atomic E-state index is 5.77. The predicted molar refractivity (Wildman–Crippen MR) is 137 cm³/mol. The number of hydrogen-bond acceptors (Lipinski definition) is 8. The van der Waals surface area contributed by atoms with Gasteiger partial charge in [0.15, 0.2) is 0 Å². The van der Waals surface area contributed by atoms with Gasteiger partial charge >= 0.3 is 0 Å². The summed E-state index contributed by atoms with van der Waals surface area (Å²) in [5, 5.41) is 25.7. The number of aryl methyl sites for hydroxylation is 2. The minimum atomic E-state index is 0.707. The third-order valence-corrected chi connectivity index (χ3v) is 4.97. The van der Waals surface area contributed by atoms with Crippen LogP contribution in [0.2, 0.25) is 0 Å². The maximum Gasteiger partial charge on any atom is 0.0887 e. The van der Waals surface area contributed by atoms with Crippen molar-refractivity contribution >= 4 is 45.5 Å². The first-order chi connectivity index (χ1) is 16.5. The van der Waals surface area contributed by atoms with Gasteiger partial charge in [-0.3, -0.25) is 0 Å². The molecule has 168 valence electrons. The lowest BCUT2D eigenvalue weighted by molar-refractivity contribution is 1.19. The van der Waals surface area contributed by atoms with Crippen molar-refractivity contribution in [1.29, 1.82) is 0 Å². The van der Waals surface area contributed by atoms with Crippen molar-refractivity contribution in [2.45, 2.75) is 13.8 Å². The van der Waals surface area contributed by atoms with Crippen LogP contribution in [0.3, 0.4) is 0 Å². The van der Waals surface area contributed by atoms with E-state index in [2.05, 4.69) is 30.7 Å². The summed E-state index contributed by atoms with van der Waals surface area (Å²) >= 11 is 0. The van der Waals surface area contributed by atoms with Crippen LogP contribution in [0, 0.1) is 13.8 Å². The number of benzene rings is 4. The normalized spacial score (nSPS) is 11.7. The van der Waals surface area contributed by atoms with E-state index in [1.165, 1.54) is 0 Å². The van der Waals surface area contributed by atoms with Gasteiger partial charge in [0, 0.05) is 11.4 Å². The van der Waals surface area contributed by atoms with E-state index in [9.17, 15) is 0 Å². The molecule has 8 nitrogen and oxygen atoms in total. The molecule has 8 heteroatoms. The monoisotopic (exact) mass is 448 g/mol. The van der Waals surface area contributed by atoms with Crippen LogP contribution in [0.25, 0.3) is 0 Å². The molecule has 4 aromatic rings. The maximum atomic E-state index is 5.77. The van der Waals surface area contributed by atoms with Crippen molar-refractivity contribution in [3.8, 4) is 0 Å². The molecular weight excluding hydrogens is 424 g/mol. The summed E-state index contributed by atoms with van der Waals surface area (Å²) in [6, 6.07) is 25.8. The van der Waals surface area contributed by atoms with Gasteiger partial charge < -0.3 is 11.5 Å². The summed E-state index contributed by atoms with van der Waals surface area (Å²) in [6.45, 7) is 3.90. The van der Waals surface area contributed by atoms with E-state index >= 15 is 0 Å². The zero-order chi connectivity index (χ0) is 23.9. The Balaban J connectivity index is 1.37. The zero-order valence-electron chi connectivity index (χ0n) is 18.9. The minimum absolute atomic E-state index is 0.707. The largest absolute Gasteiger partial charge is 0.399 e. The highest BCUT2D eigenvalue weighted by atomic mass is 15.1. The smallest absolute Gasteiger partial charge is 0.0887 e. The second kappa shape index (κ2) is 10.3. The molecule has 34 heavy (non-hydrogen) atoms. The molecular formula is C26H24N8. The third-order valence-electron chi connectivity index (χ3n) is 4.97. The quantitative estimate of drug-likeness (QED) is 0.226. The summed E-state index contributed by atoms with van der Waals surface area (Å²) in [5.41, 5.74) is 19.3. The molecule has 0 radical (unpaired) electrons. The van der Waals surface area contributed by atoms with Crippen LogP contribution < -0.4 is 11.5 Å². The van der Waals surface area contributed by atoms with Crippen molar-refractivity contribution in [3.05, 3.63) is 96.1 Å². The Labute approximate surface area is 197 Å². The Morgan fingerprint density at radius 1 is 0.412 bits per heavy atom. The summed E-state index contributed by atoms with van der Waals surface area (Å²) < 4.78 is 0. The van der Waals surface area contributed by atoms with Crippen molar-refractivity contribution in [2.75, 3.05) is 11.5 Å². The Kier molecular flexibility index (Phi) is 6.78. The summed E-state index contributed by atoms with van der Waals surface area (Å²) in [6.07, 6.45) is 0. The van der Waals surface area contributed by atoms with Gasteiger partial charge in [-0.25, -0.2) is 0 Å². The van der Waals surface area contributed by atoms with E-state index in [0.717, 1.165) is 33.9 Å². The van der Waals surface area contributed by atoms with Crippen LogP contribution in [0.4, 0.5) is 45.5 Å². The molecule has 0 bridgehead atoms. The molecule has 4 rings (SSSR count). The average Bonchev–Trinajstić information content (AvgIpc) is 2.83. The van der Waals surface area contributed by atoms with Crippen LogP contribution in [-0.4, -0.2) is 0 Å². The molecule has 4 N–H and O–H groups in total. The molecule has 0 heterocycles. The summed E-state index contributed by atoms with van der Waals surface area (Å²) in [7, 11) is 0. The molecule has 0 unspecified atom stereocenters. The Morgan fingerprint density at radius 3 is 1.00 bits per heavy atom. The van der Waals surface area contributed by atoms with E-state index in [1.807, 2.05) is 86.6 Å². The topological polar surface area (TPSA) is 126 Å². The molecule has 0 saturated carbocycles. The van der Waals surface area contributed by atoms with E-state index < -0.39 is 0 Å². The van der Waals surface area contributed by atoms with Crippen molar-refractivity contribution in [3.63, 3.8) is 0 Å². The highest BCUT2D eigenvalue weighted by Gasteiger charge is 1.99. The van der Waals surface area contributed by atoms with Crippen molar-refractivity contribution in [1.82, 2.24) is 0 Å².